The second-order valence-corrected chi connectivity index (χ2v) is 12.2. The summed E-state index contributed by atoms with van der Waals surface area (Å²) < 4.78 is 7.67. The fourth-order valence-electron chi connectivity index (χ4n) is 6.82. The molecule has 0 amide bonds. The Hall–Kier alpha value is -5.87. The smallest absolute Gasteiger partial charge is 0.157 e. The van der Waals surface area contributed by atoms with Gasteiger partial charge in [0, 0.05) is 66.2 Å². The zero-order valence-corrected chi connectivity index (χ0v) is 29.5. The van der Waals surface area contributed by atoms with Crippen molar-refractivity contribution in [3.05, 3.63) is 170 Å². The molecule has 0 saturated carbocycles. The Labute approximate surface area is 303 Å². The van der Waals surface area contributed by atoms with Crippen LogP contribution in [0.25, 0.3) is 88.0 Å². The molecule has 0 unspecified atom stereocenters. The largest absolute Gasteiger partial charge is 0.366 e. The molecule has 0 saturated heterocycles. The fraction of sp³-hybridized carbons (Fsp3) is 0.0222. The van der Waals surface area contributed by atoms with Gasteiger partial charge in [-0.2, -0.15) is 0 Å². The SMILES string of the molecule is Cn1c2ccccc2c2cc(-c3ccnc(-c4[c-]cccc4)c3)ccc21.[Ir].[c-]1cc2c(ccc3ccccc32)cc1-c1noc2ccccc12. The summed E-state index contributed by atoms with van der Waals surface area (Å²) in [7, 11) is 2.13. The van der Waals surface area contributed by atoms with Gasteiger partial charge in [-0.25, -0.2) is 0 Å². The van der Waals surface area contributed by atoms with E-state index in [1.54, 1.807) is 0 Å². The minimum absolute atomic E-state index is 0. The number of rotatable bonds is 3. The fourth-order valence-corrected chi connectivity index (χ4v) is 6.82. The van der Waals surface area contributed by atoms with Gasteiger partial charge in [0.1, 0.15) is 0 Å². The van der Waals surface area contributed by atoms with Crippen LogP contribution in [0.3, 0.4) is 0 Å². The minimum Gasteiger partial charge on any atom is -0.366 e. The van der Waals surface area contributed by atoms with Gasteiger partial charge >= 0.3 is 0 Å². The number of fused-ring (bicyclic) bond motifs is 7. The van der Waals surface area contributed by atoms with E-state index in [0.29, 0.717) is 0 Å². The topological polar surface area (TPSA) is 43.9 Å². The molecule has 0 fully saturated rings. The number of hydrogen-bond donors (Lipinski definition) is 0. The van der Waals surface area contributed by atoms with Gasteiger partial charge in [0.15, 0.2) is 5.58 Å². The Morgan fingerprint density at radius 3 is 2.18 bits per heavy atom. The van der Waals surface area contributed by atoms with Crippen molar-refractivity contribution < 1.29 is 24.6 Å². The molecule has 4 nitrogen and oxygen atoms in total. The molecule has 0 bridgehead atoms. The first kappa shape index (κ1) is 31.4. The molecule has 0 aliphatic carbocycles. The van der Waals surface area contributed by atoms with Crippen LogP contribution in [-0.4, -0.2) is 14.7 Å². The van der Waals surface area contributed by atoms with E-state index in [9.17, 15) is 0 Å². The first-order chi connectivity index (χ1) is 24.2. The van der Waals surface area contributed by atoms with Crippen LogP contribution in [0.1, 0.15) is 0 Å². The normalized spacial score (nSPS) is 11.1. The molecular weight excluding hydrogens is 791 g/mol. The van der Waals surface area contributed by atoms with Crippen molar-refractivity contribution in [2.45, 2.75) is 0 Å². The Morgan fingerprint density at radius 2 is 1.30 bits per heavy atom. The summed E-state index contributed by atoms with van der Waals surface area (Å²) in [5.41, 5.74) is 9.44. The molecule has 1 radical (unpaired) electrons. The van der Waals surface area contributed by atoms with E-state index in [2.05, 4.69) is 137 Å². The summed E-state index contributed by atoms with van der Waals surface area (Å²) in [5.74, 6) is 0. The molecule has 241 valence electrons. The number of nitrogens with zero attached hydrogens (tertiary/aromatic N) is 3. The first-order valence-corrected chi connectivity index (χ1v) is 16.3. The van der Waals surface area contributed by atoms with Gasteiger partial charge < -0.3 is 14.1 Å². The molecule has 0 N–H and O–H groups in total. The molecule has 50 heavy (non-hydrogen) atoms. The van der Waals surface area contributed by atoms with Crippen molar-refractivity contribution in [3.63, 3.8) is 0 Å². The molecule has 3 aromatic heterocycles. The van der Waals surface area contributed by atoms with Crippen LogP contribution < -0.4 is 0 Å². The quantitative estimate of drug-likeness (QED) is 0.132. The van der Waals surface area contributed by atoms with Crippen LogP contribution in [0, 0.1) is 12.1 Å². The number of hydrogen-bond acceptors (Lipinski definition) is 3. The third-order valence-electron chi connectivity index (χ3n) is 9.30. The van der Waals surface area contributed by atoms with Crippen molar-refractivity contribution in [1.29, 1.82) is 0 Å². The Bertz CT molecular complexity index is 2800. The van der Waals surface area contributed by atoms with Gasteiger partial charge in [-0.1, -0.05) is 95.7 Å². The van der Waals surface area contributed by atoms with Crippen LogP contribution in [-0.2, 0) is 27.2 Å². The van der Waals surface area contributed by atoms with Crippen molar-refractivity contribution in [2.24, 2.45) is 7.05 Å². The summed E-state index contributed by atoms with van der Waals surface area (Å²) >= 11 is 0. The maximum Gasteiger partial charge on any atom is 0.157 e. The predicted octanol–water partition coefficient (Wildman–Crippen LogP) is 11.5. The Morgan fingerprint density at radius 1 is 0.560 bits per heavy atom. The van der Waals surface area contributed by atoms with E-state index < -0.39 is 0 Å². The van der Waals surface area contributed by atoms with E-state index in [1.165, 1.54) is 54.5 Å². The van der Waals surface area contributed by atoms with E-state index in [1.807, 2.05) is 54.7 Å². The van der Waals surface area contributed by atoms with Gasteiger partial charge in [-0.05, 0) is 52.5 Å². The average molecular weight is 820 g/mol. The predicted molar refractivity (Wildman–Crippen MR) is 201 cm³/mol. The molecule has 7 aromatic carbocycles. The van der Waals surface area contributed by atoms with Crippen LogP contribution in [0.4, 0.5) is 0 Å². The van der Waals surface area contributed by atoms with Gasteiger partial charge in [0.2, 0.25) is 0 Å². The van der Waals surface area contributed by atoms with Crippen molar-refractivity contribution in [3.8, 4) is 33.6 Å². The Balaban J connectivity index is 0.000000142. The number of benzene rings is 7. The van der Waals surface area contributed by atoms with Crippen LogP contribution >= 0.6 is 0 Å². The van der Waals surface area contributed by atoms with Crippen LogP contribution in [0.5, 0.6) is 0 Å². The van der Waals surface area contributed by atoms with Crippen molar-refractivity contribution in [2.75, 3.05) is 0 Å². The molecule has 5 heteroatoms. The molecule has 0 atom stereocenters. The van der Waals surface area contributed by atoms with Crippen molar-refractivity contribution in [1.82, 2.24) is 14.7 Å². The van der Waals surface area contributed by atoms with E-state index in [-0.39, 0.29) is 20.1 Å². The molecule has 0 aliphatic rings. The molecular formula is C45H29IrN3O-2. The third kappa shape index (κ3) is 5.57. The van der Waals surface area contributed by atoms with Crippen LogP contribution in [0.15, 0.2) is 162 Å². The number of pyridine rings is 1. The average Bonchev–Trinajstić information content (AvgIpc) is 3.74. The van der Waals surface area contributed by atoms with Gasteiger partial charge in [0.05, 0.1) is 0 Å². The standard InChI is InChI=1S/C24H17N2.C21H12NO.Ir/c1-26-23-10-6-5-9-20(23)21-15-18(11-12-24(21)26)19-13-14-25-22(16-19)17-7-3-2-4-8-17;1-2-6-17-14(5-1)9-10-15-13-16(11-12-18(15)17)21-19-7-3-4-8-20(19)23-22-21;/h2-7,9-16H,1H3;1-10,12-13H;/q2*-1;. The van der Waals surface area contributed by atoms with Crippen molar-refractivity contribution >= 4 is 54.3 Å². The summed E-state index contributed by atoms with van der Waals surface area (Å²) in [4.78, 5) is 4.52. The summed E-state index contributed by atoms with van der Waals surface area (Å²) in [6.45, 7) is 0. The number of aromatic nitrogens is 3. The summed E-state index contributed by atoms with van der Waals surface area (Å²) in [5, 5.41) is 12.7. The Kier molecular flexibility index (Phi) is 8.29. The molecule has 10 aromatic rings. The van der Waals surface area contributed by atoms with Gasteiger partial charge in [-0.15, -0.1) is 70.2 Å². The number of aryl methyl sites for hydroxylation is 1. The molecule has 0 spiro atoms. The third-order valence-corrected chi connectivity index (χ3v) is 9.30. The van der Waals surface area contributed by atoms with Gasteiger partial charge in [-0.3, -0.25) is 0 Å². The summed E-state index contributed by atoms with van der Waals surface area (Å²) in [6, 6.07) is 58.8. The van der Waals surface area contributed by atoms with E-state index in [0.717, 1.165) is 33.5 Å². The number of para-hydroxylation sites is 2. The van der Waals surface area contributed by atoms with Crippen LogP contribution in [0.2, 0.25) is 0 Å². The maximum atomic E-state index is 5.42. The first-order valence-electron chi connectivity index (χ1n) is 16.3. The molecule has 10 rings (SSSR count). The maximum absolute atomic E-state index is 5.42. The zero-order valence-electron chi connectivity index (χ0n) is 27.1. The van der Waals surface area contributed by atoms with E-state index >= 15 is 0 Å². The minimum atomic E-state index is 0. The summed E-state index contributed by atoms with van der Waals surface area (Å²) in [6.07, 6.45) is 1.87. The monoisotopic (exact) mass is 820 g/mol. The second-order valence-electron chi connectivity index (χ2n) is 12.2. The second kappa shape index (κ2) is 13.2. The molecule has 0 aliphatic heterocycles. The zero-order chi connectivity index (χ0) is 32.7. The molecule has 3 heterocycles. The van der Waals surface area contributed by atoms with Gasteiger partial charge in [0.25, 0.3) is 0 Å². The van der Waals surface area contributed by atoms with E-state index in [4.69, 9.17) is 4.52 Å².